The van der Waals surface area contributed by atoms with Gasteiger partial charge in [0.05, 0.1) is 23.8 Å². The molecule has 1 aliphatic rings. The predicted octanol–water partition coefficient (Wildman–Crippen LogP) is 4.53. The van der Waals surface area contributed by atoms with Crippen LogP contribution in [-0.4, -0.2) is 54.4 Å². The second-order valence-electron chi connectivity index (χ2n) is 10.1. The van der Waals surface area contributed by atoms with Gasteiger partial charge in [-0.3, -0.25) is 24.2 Å². The quantitative estimate of drug-likeness (QED) is 0.287. The summed E-state index contributed by atoms with van der Waals surface area (Å²) in [5.41, 5.74) is 12.3. The molecule has 1 fully saturated rings. The van der Waals surface area contributed by atoms with Crippen LogP contribution >= 0.6 is 0 Å². The van der Waals surface area contributed by atoms with E-state index >= 15 is 0 Å². The van der Waals surface area contributed by atoms with Crippen LogP contribution < -0.4 is 11.1 Å². The Balaban J connectivity index is 1.32. The van der Waals surface area contributed by atoms with Crippen molar-refractivity contribution in [1.82, 2.24) is 34.7 Å². The number of amides is 1. The molecular formula is C31H29FN8O. The van der Waals surface area contributed by atoms with Gasteiger partial charge in [-0.25, -0.2) is 14.4 Å². The molecule has 41 heavy (non-hydrogen) atoms. The Labute approximate surface area is 236 Å². The number of nitrogens with two attached hydrogens (primary N) is 1. The number of anilines is 1. The summed E-state index contributed by atoms with van der Waals surface area (Å²) >= 11 is 0. The first kappa shape index (κ1) is 26.3. The molecule has 5 aromatic rings. The maximum absolute atomic E-state index is 13.5. The first-order chi connectivity index (χ1) is 20.0. The van der Waals surface area contributed by atoms with Gasteiger partial charge in [0.25, 0.3) is 0 Å². The maximum atomic E-state index is 13.5. The van der Waals surface area contributed by atoms with Crippen LogP contribution in [0.25, 0.3) is 39.5 Å². The molecule has 0 atom stereocenters. The Kier molecular flexibility index (Phi) is 7.22. The zero-order valence-electron chi connectivity index (χ0n) is 22.4. The van der Waals surface area contributed by atoms with Crippen molar-refractivity contribution >= 4 is 22.9 Å². The molecular weight excluding hydrogens is 519 g/mol. The average molecular weight is 549 g/mol. The number of likely N-dealkylation sites (tertiary alicyclic amines) is 1. The number of benzene rings is 1. The lowest BCUT2D eigenvalue weighted by molar-refractivity contribution is -0.117. The van der Waals surface area contributed by atoms with Gasteiger partial charge in [0, 0.05) is 43.1 Å². The van der Waals surface area contributed by atoms with Crippen LogP contribution in [0.2, 0.25) is 0 Å². The third-order valence-corrected chi connectivity index (χ3v) is 7.33. The predicted molar refractivity (Wildman–Crippen MR) is 156 cm³/mol. The lowest BCUT2D eigenvalue weighted by Crippen LogP contribution is -2.43. The fourth-order valence-electron chi connectivity index (χ4n) is 5.21. The molecule has 0 aliphatic carbocycles. The van der Waals surface area contributed by atoms with Gasteiger partial charge in [-0.15, -0.1) is 0 Å². The Hall–Kier alpha value is -4.96. The number of nitrogen functional groups attached to an aromatic ring is 1. The Morgan fingerprint density at radius 2 is 1.85 bits per heavy atom. The third kappa shape index (κ3) is 5.55. The number of rotatable bonds is 7. The van der Waals surface area contributed by atoms with Crippen LogP contribution in [0.15, 0.2) is 85.8 Å². The van der Waals surface area contributed by atoms with Crippen molar-refractivity contribution in [2.24, 2.45) is 0 Å². The molecule has 1 saturated heterocycles. The van der Waals surface area contributed by atoms with Gasteiger partial charge in [-0.1, -0.05) is 18.7 Å². The molecule has 3 N–H and O–H groups in total. The maximum Gasteiger partial charge on any atom is 0.243 e. The highest BCUT2D eigenvalue weighted by Gasteiger charge is 2.21. The first-order valence-electron chi connectivity index (χ1n) is 13.4. The Bertz CT molecular complexity index is 1710. The van der Waals surface area contributed by atoms with E-state index in [0.29, 0.717) is 28.4 Å². The molecule has 5 heterocycles. The van der Waals surface area contributed by atoms with Crippen molar-refractivity contribution in [2.75, 3.05) is 18.8 Å². The molecule has 0 saturated carbocycles. The van der Waals surface area contributed by atoms with E-state index in [1.54, 1.807) is 18.5 Å². The van der Waals surface area contributed by atoms with Crippen molar-refractivity contribution in [1.29, 1.82) is 0 Å². The van der Waals surface area contributed by atoms with Crippen LogP contribution in [0.3, 0.4) is 0 Å². The summed E-state index contributed by atoms with van der Waals surface area (Å²) in [4.78, 5) is 32.0. The van der Waals surface area contributed by atoms with E-state index in [2.05, 4.69) is 56.0 Å². The fraction of sp³-hybridized carbons (Fsp3) is 0.194. The van der Waals surface area contributed by atoms with Gasteiger partial charge < -0.3 is 11.1 Å². The van der Waals surface area contributed by atoms with Crippen LogP contribution in [0.5, 0.6) is 0 Å². The number of hydrogen-bond donors (Lipinski definition) is 2. The Morgan fingerprint density at radius 3 is 2.56 bits per heavy atom. The van der Waals surface area contributed by atoms with E-state index in [4.69, 9.17) is 10.7 Å². The molecule has 1 aliphatic heterocycles. The number of fused-ring (bicyclic) bond motifs is 1. The fourth-order valence-corrected chi connectivity index (χ4v) is 5.21. The van der Waals surface area contributed by atoms with E-state index in [-0.39, 0.29) is 11.9 Å². The van der Waals surface area contributed by atoms with Crippen LogP contribution in [-0.2, 0) is 11.3 Å². The number of aromatic nitrogens is 5. The number of pyridine rings is 2. The van der Waals surface area contributed by atoms with Gasteiger partial charge in [0.2, 0.25) is 5.91 Å². The molecule has 1 amide bonds. The first-order valence-corrected chi connectivity index (χ1v) is 13.4. The minimum atomic E-state index is -0.413. The molecule has 6 rings (SSSR count). The molecule has 1 aromatic carbocycles. The van der Waals surface area contributed by atoms with E-state index < -0.39 is 5.82 Å². The minimum absolute atomic E-state index is 0.116. The lowest BCUT2D eigenvalue weighted by Gasteiger charge is -2.32. The van der Waals surface area contributed by atoms with E-state index in [1.807, 2.05) is 22.8 Å². The lowest BCUT2D eigenvalue weighted by atomic mass is 10.0. The molecule has 4 aromatic heterocycles. The molecule has 0 radical (unpaired) electrons. The van der Waals surface area contributed by atoms with Gasteiger partial charge in [0.15, 0.2) is 5.65 Å². The van der Waals surface area contributed by atoms with Crippen molar-refractivity contribution in [2.45, 2.75) is 25.4 Å². The number of carbonyl (C=O) groups excluding carboxylic acids is 1. The summed E-state index contributed by atoms with van der Waals surface area (Å²) in [7, 11) is 0. The van der Waals surface area contributed by atoms with Crippen molar-refractivity contribution in [3.63, 3.8) is 0 Å². The monoisotopic (exact) mass is 548 g/mol. The SMILES string of the molecule is C=CC(=O)NC1CCN(Cc2ccc(-n3c(-c4cccnc4N)cc4ncc(-c5ccc(F)cn5)nc43)cc2)CC1. The number of nitrogens with zero attached hydrogens (tertiary/aromatic N) is 6. The molecule has 206 valence electrons. The molecule has 9 nitrogen and oxygen atoms in total. The standard InChI is InChI=1S/C31H29FN8O/c1-2-29(41)37-22-11-14-39(15-12-22)19-20-5-8-23(9-6-20)40-28(24-4-3-13-34-30(24)33)16-26-31(40)38-27(18-36-26)25-10-7-21(32)17-35-25/h2-10,13,16-18,22H,1,11-12,14-15,19H2,(H2,33,34)(H,37,41). The molecule has 10 heteroatoms. The van der Waals surface area contributed by atoms with Crippen LogP contribution in [0.1, 0.15) is 18.4 Å². The largest absolute Gasteiger partial charge is 0.383 e. The summed E-state index contributed by atoms with van der Waals surface area (Å²) in [6.07, 6.45) is 7.60. The molecule has 0 unspecified atom stereocenters. The minimum Gasteiger partial charge on any atom is -0.383 e. The summed E-state index contributed by atoms with van der Waals surface area (Å²) in [6, 6.07) is 17.2. The number of halogens is 1. The molecule has 0 bridgehead atoms. The second-order valence-corrected chi connectivity index (χ2v) is 10.1. The number of hydrogen-bond acceptors (Lipinski definition) is 7. The highest BCUT2D eigenvalue weighted by atomic mass is 19.1. The van der Waals surface area contributed by atoms with E-state index in [1.165, 1.54) is 23.9 Å². The van der Waals surface area contributed by atoms with Crippen molar-refractivity contribution in [3.8, 4) is 28.3 Å². The topological polar surface area (TPSA) is 115 Å². The smallest absolute Gasteiger partial charge is 0.243 e. The van der Waals surface area contributed by atoms with Crippen LogP contribution in [0, 0.1) is 5.82 Å². The van der Waals surface area contributed by atoms with Gasteiger partial charge in [-0.2, -0.15) is 0 Å². The summed E-state index contributed by atoms with van der Waals surface area (Å²) in [5, 5.41) is 3.00. The molecule has 0 spiro atoms. The summed E-state index contributed by atoms with van der Waals surface area (Å²) in [5.74, 6) is -0.125. The zero-order valence-corrected chi connectivity index (χ0v) is 22.4. The van der Waals surface area contributed by atoms with Crippen LogP contribution in [0.4, 0.5) is 10.2 Å². The zero-order chi connectivity index (χ0) is 28.3. The van der Waals surface area contributed by atoms with Gasteiger partial charge >= 0.3 is 0 Å². The number of carbonyl (C=O) groups is 1. The summed E-state index contributed by atoms with van der Waals surface area (Å²) in [6.45, 7) is 6.17. The highest BCUT2D eigenvalue weighted by molar-refractivity contribution is 5.88. The second kappa shape index (κ2) is 11.3. The Morgan fingerprint density at radius 1 is 1.05 bits per heavy atom. The van der Waals surface area contributed by atoms with Crippen molar-refractivity contribution < 1.29 is 9.18 Å². The highest BCUT2D eigenvalue weighted by Crippen LogP contribution is 2.33. The normalized spacial score (nSPS) is 14.3. The number of nitrogens with one attached hydrogen (secondary N) is 1. The van der Waals surface area contributed by atoms with Crippen molar-refractivity contribution in [3.05, 3.63) is 97.2 Å². The number of piperidine rings is 1. The average Bonchev–Trinajstić information content (AvgIpc) is 3.37. The van der Waals surface area contributed by atoms with E-state index in [0.717, 1.165) is 49.4 Å². The summed E-state index contributed by atoms with van der Waals surface area (Å²) < 4.78 is 15.5. The van der Waals surface area contributed by atoms with Gasteiger partial charge in [0.1, 0.15) is 22.8 Å². The van der Waals surface area contributed by atoms with Gasteiger partial charge in [-0.05, 0) is 66.9 Å². The third-order valence-electron chi connectivity index (χ3n) is 7.33. The van der Waals surface area contributed by atoms with E-state index in [9.17, 15) is 9.18 Å².